The van der Waals surface area contributed by atoms with Gasteiger partial charge in [0.05, 0.1) is 6.61 Å². The van der Waals surface area contributed by atoms with E-state index in [-0.39, 0.29) is 10.5 Å². The Kier molecular flexibility index (Phi) is 8.92. The van der Waals surface area contributed by atoms with Crippen LogP contribution in [-0.2, 0) is 14.3 Å². The third-order valence-corrected chi connectivity index (χ3v) is 3.58. The zero-order chi connectivity index (χ0) is 13.3. The molecule has 3 nitrogen and oxygen atoms in total. The molecular weight excluding hydrogens is 236 g/mol. The van der Waals surface area contributed by atoms with Gasteiger partial charge in [-0.15, -0.1) is 0 Å². The molecule has 0 aliphatic carbocycles. The van der Waals surface area contributed by atoms with Crippen LogP contribution in [-0.4, -0.2) is 37.8 Å². The van der Waals surface area contributed by atoms with Crippen molar-refractivity contribution in [2.24, 2.45) is 11.3 Å². The SMILES string of the molecule is COCCSC(=O)C(C)(C)CCOCC(C)C. The maximum Gasteiger partial charge on any atom is 0.194 e. The summed E-state index contributed by atoms with van der Waals surface area (Å²) in [6.07, 6.45) is 0.776. The van der Waals surface area contributed by atoms with Crippen LogP contribution < -0.4 is 0 Å². The fourth-order valence-electron chi connectivity index (χ4n) is 1.16. The van der Waals surface area contributed by atoms with Gasteiger partial charge >= 0.3 is 0 Å². The summed E-state index contributed by atoms with van der Waals surface area (Å²) in [6, 6.07) is 0. The van der Waals surface area contributed by atoms with E-state index in [9.17, 15) is 4.79 Å². The van der Waals surface area contributed by atoms with E-state index >= 15 is 0 Å². The van der Waals surface area contributed by atoms with E-state index in [1.165, 1.54) is 11.8 Å². The van der Waals surface area contributed by atoms with Crippen molar-refractivity contribution in [3.63, 3.8) is 0 Å². The molecule has 0 aromatic carbocycles. The first-order valence-corrected chi connectivity index (χ1v) is 7.12. The number of rotatable bonds is 9. The zero-order valence-electron chi connectivity index (χ0n) is 11.7. The van der Waals surface area contributed by atoms with Crippen molar-refractivity contribution in [2.75, 3.05) is 32.7 Å². The van der Waals surface area contributed by atoms with Crippen molar-refractivity contribution in [3.8, 4) is 0 Å². The van der Waals surface area contributed by atoms with E-state index in [1.807, 2.05) is 13.8 Å². The number of carbonyl (C=O) groups is 1. The molecule has 0 aliphatic rings. The zero-order valence-corrected chi connectivity index (χ0v) is 12.6. The number of hydrogen-bond acceptors (Lipinski definition) is 4. The molecule has 0 radical (unpaired) electrons. The molecule has 0 saturated heterocycles. The number of hydrogen-bond donors (Lipinski definition) is 0. The van der Waals surface area contributed by atoms with Crippen molar-refractivity contribution in [3.05, 3.63) is 0 Å². The molecule has 17 heavy (non-hydrogen) atoms. The van der Waals surface area contributed by atoms with Crippen molar-refractivity contribution in [2.45, 2.75) is 34.1 Å². The van der Waals surface area contributed by atoms with Crippen LogP contribution in [0.5, 0.6) is 0 Å². The fraction of sp³-hybridized carbons (Fsp3) is 0.923. The van der Waals surface area contributed by atoms with Crippen LogP contribution in [0.25, 0.3) is 0 Å². The molecule has 0 saturated carbocycles. The molecule has 0 aliphatic heterocycles. The Morgan fingerprint density at radius 1 is 1.29 bits per heavy atom. The molecule has 0 aromatic rings. The second kappa shape index (κ2) is 8.95. The van der Waals surface area contributed by atoms with Crippen LogP contribution in [0.4, 0.5) is 0 Å². The Morgan fingerprint density at radius 2 is 1.94 bits per heavy atom. The Balaban J connectivity index is 3.80. The largest absolute Gasteiger partial charge is 0.384 e. The van der Waals surface area contributed by atoms with Gasteiger partial charge in [-0.1, -0.05) is 39.5 Å². The second-order valence-corrected chi connectivity index (χ2v) is 6.30. The van der Waals surface area contributed by atoms with Gasteiger partial charge in [-0.25, -0.2) is 0 Å². The predicted molar refractivity (Wildman–Crippen MR) is 73.4 cm³/mol. The Bertz CT molecular complexity index is 215. The first kappa shape index (κ1) is 16.9. The Morgan fingerprint density at radius 3 is 2.47 bits per heavy atom. The average Bonchev–Trinajstić information content (AvgIpc) is 2.24. The molecule has 102 valence electrons. The maximum absolute atomic E-state index is 11.9. The molecule has 0 spiro atoms. The molecule has 0 N–H and O–H groups in total. The molecule has 0 unspecified atom stereocenters. The molecule has 0 atom stereocenters. The topological polar surface area (TPSA) is 35.5 Å². The third-order valence-electron chi connectivity index (χ3n) is 2.40. The smallest absolute Gasteiger partial charge is 0.194 e. The predicted octanol–water partition coefficient (Wildman–Crippen LogP) is 2.98. The highest BCUT2D eigenvalue weighted by Gasteiger charge is 2.27. The molecule has 0 amide bonds. The van der Waals surface area contributed by atoms with Crippen molar-refractivity contribution >= 4 is 16.9 Å². The van der Waals surface area contributed by atoms with Gasteiger partial charge in [0, 0.05) is 31.5 Å². The van der Waals surface area contributed by atoms with E-state index in [1.54, 1.807) is 7.11 Å². The van der Waals surface area contributed by atoms with Gasteiger partial charge in [0.2, 0.25) is 0 Å². The number of thioether (sulfide) groups is 1. The van der Waals surface area contributed by atoms with Crippen molar-refractivity contribution in [1.29, 1.82) is 0 Å². The number of methoxy groups -OCH3 is 1. The molecule has 0 aromatic heterocycles. The highest BCUT2D eigenvalue weighted by Crippen LogP contribution is 2.27. The maximum atomic E-state index is 11.9. The van der Waals surface area contributed by atoms with Gasteiger partial charge < -0.3 is 9.47 Å². The summed E-state index contributed by atoms with van der Waals surface area (Å²) < 4.78 is 10.5. The third kappa shape index (κ3) is 8.63. The molecule has 4 heteroatoms. The van der Waals surface area contributed by atoms with Crippen molar-refractivity contribution in [1.82, 2.24) is 0 Å². The lowest BCUT2D eigenvalue weighted by molar-refractivity contribution is -0.119. The van der Waals surface area contributed by atoms with Crippen LogP contribution in [0.1, 0.15) is 34.1 Å². The van der Waals surface area contributed by atoms with E-state index in [4.69, 9.17) is 9.47 Å². The lowest BCUT2D eigenvalue weighted by atomic mass is 9.92. The summed E-state index contributed by atoms with van der Waals surface area (Å²) in [7, 11) is 1.65. The van der Waals surface area contributed by atoms with E-state index in [0.717, 1.165) is 18.8 Å². The Labute approximate surface area is 110 Å². The van der Waals surface area contributed by atoms with Crippen LogP contribution in [0.15, 0.2) is 0 Å². The average molecular weight is 262 g/mol. The minimum absolute atomic E-state index is 0.225. The molecule has 0 fully saturated rings. The molecule has 0 heterocycles. The van der Waals surface area contributed by atoms with Gasteiger partial charge in [-0.2, -0.15) is 0 Å². The van der Waals surface area contributed by atoms with E-state index in [0.29, 0.717) is 19.1 Å². The van der Waals surface area contributed by atoms with Gasteiger partial charge in [0.15, 0.2) is 5.12 Å². The first-order chi connectivity index (χ1) is 7.90. The monoisotopic (exact) mass is 262 g/mol. The van der Waals surface area contributed by atoms with Crippen LogP contribution in [0.3, 0.4) is 0 Å². The summed E-state index contributed by atoms with van der Waals surface area (Å²) in [5.41, 5.74) is -0.310. The Hall–Kier alpha value is -0.0600. The lowest BCUT2D eigenvalue weighted by Crippen LogP contribution is -2.24. The quantitative estimate of drug-likeness (QED) is 0.598. The standard InChI is InChI=1S/C13H26O3S/c1-11(2)10-16-7-6-13(3,4)12(14)17-9-8-15-5/h11H,6-10H2,1-5H3. The lowest BCUT2D eigenvalue weighted by Gasteiger charge is -2.22. The number of ether oxygens (including phenoxy) is 2. The van der Waals surface area contributed by atoms with Gasteiger partial charge in [0.1, 0.15) is 0 Å². The van der Waals surface area contributed by atoms with Gasteiger partial charge in [-0.3, -0.25) is 4.79 Å². The van der Waals surface area contributed by atoms with Crippen LogP contribution >= 0.6 is 11.8 Å². The molecule has 0 bridgehead atoms. The van der Waals surface area contributed by atoms with Crippen LogP contribution in [0, 0.1) is 11.3 Å². The van der Waals surface area contributed by atoms with Crippen LogP contribution in [0.2, 0.25) is 0 Å². The summed E-state index contributed by atoms with van der Waals surface area (Å²) in [6.45, 7) is 10.2. The van der Waals surface area contributed by atoms with Gasteiger partial charge in [0.25, 0.3) is 0 Å². The summed E-state index contributed by atoms with van der Waals surface area (Å²) in [4.78, 5) is 11.9. The molecular formula is C13H26O3S. The van der Waals surface area contributed by atoms with E-state index in [2.05, 4.69) is 13.8 Å². The molecule has 0 rings (SSSR count). The minimum Gasteiger partial charge on any atom is -0.384 e. The van der Waals surface area contributed by atoms with E-state index < -0.39 is 0 Å². The second-order valence-electron chi connectivity index (χ2n) is 5.23. The number of carbonyl (C=O) groups excluding carboxylic acids is 1. The minimum atomic E-state index is -0.310. The first-order valence-electron chi connectivity index (χ1n) is 6.14. The highest BCUT2D eigenvalue weighted by molar-refractivity contribution is 8.13. The summed E-state index contributed by atoms with van der Waals surface area (Å²) in [5, 5.41) is 0.225. The fourth-order valence-corrected chi connectivity index (χ4v) is 2.09. The summed E-state index contributed by atoms with van der Waals surface area (Å²) in [5.74, 6) is 1.27. The highest BCUT2D eigenvalue weighted by atomic mass is 32.2. The summed E-state index contributed by atoms with van der Waals surface area (Å²) >= 11 is 1.35. The van der Waals surface area contributed by atoms with Gasteiger partial charge in [-0.05, 0) is 12.3 Å². The normalized spacial score (nSPS) is 12.1. The van der Waals surface area contributed by atoms with Crippen molar-refractivity contribution < 1.29 is 14.3 Å².